The zero-order valence-corrected chi connectivity index (χ0v) is 8.16. The van der Waals surface area contributed by atoms with Crippen LogP contribution in [0.4, 0.5) is 0 Å². The maximum Gasteiger partial charge on any atom is 0.179 e. The van der Waals surface area contributed by atoms with E-state index in [1.165, 1.54) is 5.56 Å². The van der Waals surface area contributed by atoms with Crippen LogP contribution < -0.4 is 0 Å². The minimum Gasteiger partial charge on any atom is -0.290 e. The zero-order valence-electron chi connectivity index (χ0n) is 8.16. The van der Waals surface area contributed by atoms with E-state index in [0.717, 1.165) is 17.6 Å². The maximum atomic E-state index is 11.0. The fraction of sp³-hybridized carbons (Fsp3) is 0.154. The minimum absolute atomic E-state index is 0.0851. The lowest BCUT2D eigenvalue weighted by atomic mass is 10.0. The third-order valence-electron chi connectivity index (χ3n) is 2.39. The van der Waals surface area contributed by atoms with E-state index in [2.05, 4.69) is 19.1 Å². The van der Waals surface area contributed by atoms with E-state index < -0.39 is 0 Å². The number of hydrogen-bond donors (Lipinski definition) is 0. The van der Waals surface area contributed by atoms with E-state index in [1.807, 2.05) is 18.2 Å². The van der Waals surface area contributed by atoms with Crippen molar-refractivity contribution in [2.75, 3.05) is 0 Å². The van der Waals surface area contributed by atoms with E-state index in [4.69, 9.17) is 0 Å². The smallest absolute Gasteiger partial charge is 0.179 e. The summed E-state index contributed by atoms with van der Waals surface area (Å²) >= 11 is 0. The van der Waals surface area contributed by atoms with Crippen LogP contribution in [0.1, 0.15) is 18.1 Å². The fourth-order valence-electron chi connectivity index (χ4n) is 1.57. The largest absolute Gasteiger partial charge is 0.290 e. The van der Waals surface area contributed by atoms with Crippen molar-refractivity contribution in [3.63, 3.8) is 0 Å². The number of allylic oxidation sites excluding steroid dienone is 4. The van der Waals surface area contributed by atoms with Gasteiger partial charge < -0.3 is 0 Å². The Hall–Kier alpha value is -1.63. The summed E-state index contributed by atoms with van der Waals surface area (Å²) in [5.74, 6) is 0.0851. The van der Waals surface area contributed by atoms with Gasteiger partial charge in [-0.1, -0.05) is 37.3 Å². The lowest BCUT2D eigenvalue weighted by molar-refractivity contribution is -0.110. The normalized spacial score (nSPS) is 14.6. The molecule has 1 aromatic carbocycles. The average molecular weight is 184 g/mol. The third-order valence-corrected chi connectivity index (χ3v) is 2.39. The molecule has 1 nitrogen and oxygen atoms in total. The Bertz CT molecular complexity index is 425. The van der Waals surface area contributed by atoms with Crippen LogP contribution in [0.5, 0.6) is 0 Å². The number of carbonyl (C=O) groups is 1. The average Bonchev–Trinajstić information content (AvgIpc) is 2.65. The molecule has 0 fully saturated rings. The van der Waals surface area contributed by atoms with E-state index in [-0.39, 0.29) is 5.78 Å². The minimum atomic E-state index is 0.0851. The molecule has 0 atom stereocenters. The van der Waals surface area contributed by atoms with Crippen LogP contribution >= 0.6 is 0 Å². The molecular formula is C13H12O. The first-order valence-corrected chi connectivity index (χ1v) is 4.82. The Kier molecular flexibility index (Phi) is 2.32. The number of ketones is 1. The van der Waals surface area contributed by atoms with Crippen LogP contribution in [-0.4, -0.2) is 5.78 Å². The summed E-state index contributed by atoms with van der Waals surface area (Å²) in [7, 11) is 0. The summed E-state index contributed by atoms with van der Waals surface area (Å²) in [6.45, 7) is 2.13. The van der Waals surface area contributed by atoms with Crippen molar-refractivity contribution >= 4 is 11.4 Å². The second kappa shape index (κ2) is 3.62. The molecule has 0 heterocycles. The molecule has 2 rings (SSSR count). The van der Waals surface area contributed by atoms with Gasteiger partial charge in [-0.2, -0.15) is 0 Å². The van der Waals surface area contributed by atoms with Crippen LogP contribution in [0.25, 0.3) is 5.57 Å². The Morgan fingerprint density at radius 3 is 2.71 bits per heavy atom. The highest BCUT2D eigenvalue weighted by atomic mass is 16.1. The highest BCUT2D eigenvalue weighted by Gasteiger charge is 2.06. The summed E-state index contributed by atoms with van der Waals surface area (Å²) in [5.41, 5.74) is 3.45. The Morgan fingerprint density at radius 1 is 1.21 bits per heavy atom. The van der Waals surface area contributed by atoms with Crippen molar-refractivity contribution in [2.24, 2.45) is 0 Å². The summed E-state index contributed by atoms with van der Waals surface area (Å²) in [5, 5.41) is 0. The van der Waals surface area contributed by atoms with Crippen molar-refractivity contribution in [1.29, 1.82) is 0 Å². The van der Waals surface area contributed by atoms with Gasteiger partial charge in [0.15, 0.2) is 5.78 Å². The van der Waals surface area contributed by atoms with Crippen molar-refractivity contribution in [3.8, 4) is 0 Å². The topological polar surface area (TPSA) is 17.1 Å². The van der Waals surface area contributed by atoms with E-state index in [9.17, 15) is 4.79 Å². The summed E-state index contributed by atoms with van der Waals surface area (Å²) < 4.78 is 0. The van der Waals surface area contributed by atoms with E-state index >= 15 is 0 Å². The van der Waals surface area contributed by atoms with Gasteiger partial charge in [-0.25, -0.2) is 0 Å². The molecule has 0 aliphatic heterocycles. The van der Waals surface area contributed by atoms with Gasteiger partial charge in [0.05, 0.1) is 0 Å². The van der Waals surface area contributed by atoms with Crippen LogP contribution in [0, 0.1) is 0 Å². The van der Waals surface area contributed by atoms with E-state index in [1.54, 1.807) is 12.2 Å². The molecule has 0 amide bonds. The third kappa shape index (κ3) is 1.67. The van der Waals surface area contributed by atoms with Gasteiger partial charge in [-0.15, -0.1) is 0 Å². The molecule has 0 spiro atoms. The molecule has 14 heavy (non-hydrogen) atoms. The van der Waals surface area contributed by atoms with Crippen molar-refractivity contribution in [3.05, 3.63) is 53.6 Å². The van der Waals surface area contributed by atoms with Gasteiger partial charge in [-0.05, 0) is 35.3 Å². The molecule has 0 saturated carbocycles. The highest BCUT2D eigenvalue weighted by Crippen LogP contribution is 2.21. The maximum absolute atomic E-state index is 11.0. The van der Waals surface area contributed by atoms with Crippen LogP contribution in [0.3, 0.4) is 0 Å². The first-order valence-electron chi connectivity index (χ1n) is 4.82. The molecule has 0 aromatic heterocycles. The van der Waals surface area contributed by atoms with E-state index in [0.29, 0.717) is 0 Å². The first-order chi connectivity index (χ1) is 6.79. The Labute approximate surface area is 83.8 Å². The van der Waals surface area contributed by atoms with Crippen molar-refractivity contribution in [1.82, 2.24) is 0 Å². The Balaban J connectivity index is 2.38. The molecule has 1 aliphatic carbocycles. The number of carbonyl (C=O) groups excluding carboxylic acids is 1. The van der Waals surface area contributed by atoms with Gasteiger partial charge in [0, 0.05) is 0 Å². The summed E-state index contributed by atoms with van der Waals surface area (Å²) in [4.78, 5) is 11.0. The predicted molar refractivity (Wildman–Crippen MR) is 57.9 cm³/mol. The van der Waals surface area contributed by atoms with Crippen LogP contribution in [0.15, 0.2) is 42.5 Å². The molecule has 0 bridgehead atoms. The SMILES string of the molecule is CCc1cccc(C2=CC(=O)C=C2)c1. The number of benzene rings is 1. The molecule has 1 heteroatoms. The molecule has 0 N–H and O–H groups in total. The standard InChI is InChI=1S/C13H12O/c1-2-10-4-3-5-11(8-10)12-6-7-13(14)9-12/h3-9H,2H2,1H3. The van der Waals surface area contributed by atoms with Gasteiger partial charge in [0.2, 0.25) is 0 Å². The van der Waals surface area contributed by atoms with Crippen molar-refractivity contribution < 1.29 is 4.79 Å². The van der Waals surface area contributed by atoms with Crippen LogP contribution in [-0.2, 0) is 11.2 Å². The molecule has 0 unspecified atom stereocenters. The van der Waals surface area contributed by atoms with Gasteiger partial charge in [-0.3, -0.25) is 4.79 Å². The lowest BCUT2D eigenvalue weighted by Crippen LogP contribution is -1.84. The van der Waals surface area contributed by atoms with Gasteiger partial charge in [0.25, 0.3) is 0 Å². The van der Waals surface area contributed by atoms with Gasteiger partial charge >= 0.3 is 0 Å². The number of rotatable bonds is 2. The second-order valence-corrected chi connectivity index (χ2v) is 3.39. The second-order valence-electron chi connectivity index (χ2n) is 3.39. The molecular weight excluding hydrogens is 172 g/mol. The monoisotopic (exact) mass is 184 g/mol. The summed E-state index contributed by atoms with van der Waals surface area (Å²) in [6, 6.07) is 8.30. The molecule has 0 saturated heterocycles. The molecule has 1 aliphatic rings. The number of aryl methyl sites for hydroxylation is 1. The number of hydrogen-bond acceptors (Lipinski definition) is 1. The summed E-state index contributed by atoms with van der Waals surface area (Å²) in [6.07, 6.45) is 6.18. The van der Waals surface area contributed by atoms with Gasteiger partial charge in [0.1, 0.15) is 0 Å². The first kappa shape index (κ1) is 8.95. The Morgan fingerprint density at radius 2 is 2.07 bits per heavy atom. The molecule has 0 radical (unpaired) electrons. The highest BCUT2D eigenvalue weighted by molar-refractivity contribution is 6.11. The molecule has 1 aromatic rings. The fourth-order valence-corrected chi connectivity index (χ4v) is 1.57. The molecule has 70 valence electrons. The van der Waals surface area contributed by atoms with Crippen LogP contribution in [0.2, 0.25) is 0 Å². The predicted octanol–water partition coefficient (Wildman–Crippen LogP) is 2.77. The van der Waals surface area contributed by atoms with Crippen molar-refractivity contribution in [2.45, 2.75) is 13.3 Å². The lowest BCUT2D eigenvalue weighted by Gasteiger charge is -2.02. The quantitative estimate of drug-likeness (QED) is 0.690. The zero-order chi connectivity index (χ0) is 9.97.